The Bertz CT molecular complexity index is 1150. The van der Waals surface area contributed by atoms with Crippen LogP contribution in [0.3, 0.4) is 0 Å². The van der Waals surface area contributed by atoms with E-state index in [2.05, 4.69) is 11.2 Å². The van der Waals surface area contributed by atoms with E-state index in [1.165, 1.54) is 23.3 Å². The zero-order chi connectivity index (χ0) is 22.8. The van der Waals surface area contributed by atoms with Crippen LogP contribution in [0.15, 0.2) is 30.3 Å². The minimum absolute atomic E-state index is 0.139. The van der Waals surface area contributed by atoms with Gasteiger partial charge in [0.15, 0.2) is 0 Å². The van der Waals surface area contributed by atoms with Crippen molar-refractivity contribution in [3.05, 3.63) is 80.9 Å². The maximum Gasteiger partial charge on any atom is 0.325 e. The van der Waals surface area contributed by atoms with Crippen LogP contribution in [0.5, 0.6) is 5.75 Å². The second-order valence-electron chi connectivity index (χ2n) is 8.46. The minimum Gasteiger partial charge on any atom is -0.507 e. The molecule has 1 aromatic heterocycles. The number of carboxylic acid groups (broad SMARTS) is 1. The molecule has 0 radical (unpaired) electrons. The molecule has 0 atom stereocenters. The van der Waals surface area contributed by atoms with Gasteiger partial charge in [-0.2, -0.15) is 5.10 Å². The molecule has 5 nitrogen and oxygen atoms in total. The Hall–Kier alpha value is -3.15. The number of rotatable bonds is 8. The fourth-order valence-electron chi connectivity index (χ4n) is 4.96. The highest BCUT2D eigenvalue weighted by Crippen LogP contribution is 2.38. The zero-order valence-electron chi connectivity index (χ0n) is 18.6. The highest BCUT2D eigenvalue weighted by atomic mass is 19.1. The second-order valence-corrected chi connectivity index (χ2v) is 8.46. The number of aromatic nitrogens is 2. The van der Waals surface area contributed by atoms with Crippen LogP contribution in [-0.2, 0) is 49.9 Å². The van der Waals surface area contributed by atoms with E-state index in [1.807, 2.05) is 13.8 Å². The monoisotopic (exact) mass is 436 g/mol. The van der Waals surface area contributed by atoms with Crippen molar-refractivity contribution in [3.63, 3.8) is 0 Å². The number of nitrogens with zero attached hydrogens (tertiary/aromatic N) is 2. The SMILES string of the molecule is CCc1nn(CC(=O)O)c(CC)c1Cc1cc(Cc2ccc(F)cc2)c(O)c2c1CCC2. The maximum atomic E-state index is 13.3. The third-order valence-corrected chi connectivity index (χ3v) is 6.42. The fraction of sp³-hybridized carbons (Fsp3) is 0.385. The van der Waals surface area contributed by atoms with E-state index in [4.69, 9.17) is 0 Å². The summed E-state index contributed by atoms with van der Waals surface area (Å²) in [6.45, 7) is 3.93. The van der Waals surface area contributed by atoms with E-state index >= 15 is 0 Å². The van der Waals surface area contributed by atoms with Gasteiger partial charge in [-0.15, -0.1) is 0 Å². The summed E-state index contributed by atoms with van der Waals surface area (Å²) in [4.78, 5) is 11.3. The summed E-state index contributed by atoms with van der Waals surface area (Å²) >= 11 is 0. The lowest BCUT2D eigenvalue weighted by atomic mass is 9.90. The Labute approximate surface area is 187 Å². The van der Waals surface area contributed by atoms with Crippen molar-refractivity contribution in [2.24, 2.45) is 0 Å². The van der Waals surface area contributed by atoms with Crippen molar-refractivity contribution in [3.8, 4) is 5.75 Å². The first-order valence-electron chi connectivity index (χ1n) is 11.3. The third kappa shape index (κ3) is 4.27. The molecule has 0 spiro atoms. The third-order valence-electron chi connectivity index (χ3n) is 6.42. The molecule has 0 unspecified atom stereocenters. The largest absolute Gasteiger partial charge is 0.507 e. The van der Waals surface area contributed by atoms with Crippen molar-refractivity contribution in [2.45, 2.75) is 65.3 Å². The Morgan fingerprint density at radius 2 is 1.78 bits per heavy atom. The van der Waals surface area contributed by atoms with Gasteiger partial charge in [0.1, 0.15) is 18.1 Å². The van der Waals surface area contributed by atoms with Crippen LogP contribution in [0.2, 0.25) is 0 Å². The van der Waals surface area contributed by atoms with Crippen molar-refractivity contribution in [2.75, 3.05) is 0 Å². The van der Waals surface area contributed by atoms with Gasteiger partial charge in [-0.1, -0.05) is 32.0 Å². The Morgan fingerprint density at radius 3 is 2.44 bits per heavy atom. The molecule has 0 bridgehead atoms. The smallest absolute Gasteiger partial charge is 0.325 e. The molecule has 1 heterocycles. The van der Waals surface area contributed by atoms with Crippen molar-refractivity contribution in [1.29, 1.82) is 0 Å². The molecule has 3 aromatic rings. The molecule has 0 saturated carbocycles. The lowest BCUT2D eigenvalue weighted by Crippen LogP contribution is -2.13. The van der Waals surface area contributed by atoms with E-state index in [-0.39, 0.29) is 12.4 Å². The van der Waals surface area contributed by atoms with Crippen LogP contribution >= 0.6 is 0 Å². The number of hydrogen-bond acceptors (Lipinski definition) is 3. The zero-order valence-corrected chi connectivity index (χ0v) is 18.6. The number of benzene rings is 2. The van der Waals surface area contributed by atoms with Gasteiger partial charge in [-0.25, -0.2) is 4.39 Å². The quantitative estimate of drug-likeness (QED) is 0.541. The molecule has 0 saturated heterocycles. The summed E-state index contributed by atoms with van der Waals surface area (Å²) in [7, 11) is 0. The summed E-state index contributed by atoms with van der Waals surface area (Å²) in [6.07, 6.45) is 5.44. The Balaban J connectivity index is 1.76. The number of aromatic hydroxyl groups is 1. The fourth-order valence-corrected chi connectivity index (χ4v) is 4.96. The molecule has 4 rings (SSSR count). The van der Waals surface area contributed by atoms with Crippen LogP contribution in [0.1, 0.15) is 65.0 Å². The van der Waals surface area contributed by atoms with Gasteiger partial charge in [0.25, 0.3) is 0 Å². The topological polar surface area (TPSA) is 75.4 Å². The average Bonchev–Trinajstić information content (AvgIpc) is 3.37. The van der Waals surface area contributed by atoms with E-state index in [0.29, 0.717) is 25.0 Å². The minimum atomic E-state index is -0.900. The lowest BCUT2D eigenvalue weighted by Gasteiger charge is -2.16. The summed E-state index contributed by atoms with van der Waals surface area (Å²) in [6, 6.07) is 8.47. The van der Waals surface area contributed by atoms with Crippen molar-refractivity contribution < 1.29 is 19.4 Å². The number of carboxylic acids is 1. The standard InChI is InChI=1S/C26H29FN2O3/c1-3-23-22(24(4-2)29(28-23)15-25(30)31)14-17-13-18(12-16-8-10-19(27)11-9-16)26(32)21-7-5-6-20(17)21/h8-11,13,32H,3-7,12,14-15H2,1-2H3,(H,30,31). The van der Waals surface area contributed by atoms with Gasteiger partial charge in [0, 0.05) is 24.1 Å². The summed E-state index contributed by atoms with van der Waals surface area (Å²) in [5, 5.41) is 24.8. The van der Waals surface area contributed by atoms with Gasteiger partial charge in [-0.05, 0) is 72.1 Å². The Kier molecular flexibility index (Phi) is 6.31. The average molecular weight is 437 g/mol. The summed E-state index contributed by atoms with van der Waals surface area (Å²) in [5.41, 5.74) is 8.20. The normalized spacial score (nSPS) is 12.8. The van der Waals surface area contributed by atoms with Crippen LogP contribution in [-0.4, -0.2) is 26.0 Å². The van der Waals surface area contributed by atoms with E-state index < -0.39 is 5.97 Å². The first kappa shape index (κ1) is 22.1. The lowest BCUT2D eigenvalue weighted by molar-refractivity contribution is -0.137. The maximum absolute atomic E-state index is 13.3. The molecule has 0 amide bonds. The first-order chi connectivity index (χ1) is 15.4. The van der Waals surface area contributed by atoms with Crippen molar-refractivity contribution >= 4 is 5.97 Å². The summed E-state index contributed by atoms with van der Waals surface area (Å²) < 4.78 is 14.9. The number of aliphatic carboxylic acids is 1. The molecule has 0 fully saturated rings. The molecular weight excluding hydrogens is 407 g/mol. The number of fused-ring (bicyclic) bond motifs is 1. The number of phenolic OH excluding ortho intramolecular Hbond substituents is 1. The van der Waals surface area contributed by atoms with Gasteiger partial charge < -0.3 is 10.2 Å². The summed E-state index contributed by atoms with van der Waals surface area (Å²) in [5.74, 6) is -0.813. The highest BCUT2D eigenvalue weighted by molar-refractivity contribution is 5.66. The molecule has 0 aliphatic heterocycles. The van der Waals surface area contributed by atoms with Gasteiger partial charge in [0.05, 0.1) is 5.69 Å². The number of carbonyl (C=O) groups is 1. The van der Waals surface area contributed by atoms with Crippen LogP contribution < -0.4 is 0 Å². The van der Waals surface area contributed by atoms with Gasteiger partial charge >= 0.3 is 5.97 Å². The molecule has 6 heteroatoms. The Morgan fingerprint density at radius 1 is 1.06 bits per heavy atom. The van der Waals surface area contributed by atoms with E-state index in [1.54, 1.807) is 16.8 Å². The van der Waals surface area contributed by atoms with Gasteiger partial charge in [0.2, 0.25) is 0 Å². The van der Waals surface area contributed by atoms with Crippen LogP contribution in [0.4, 0.5) is 4.39 Å². The molecule has 2 N–H and O–H groups in total. The number of halogens is 1. The van der Waals surface area contributed by atoms with Gasteiger partial charge in [-0.3, -0.25) is 9.48 Å². The van der Waals surface area contributed by atoms with E-state index in [0.717, 1.165) is 59.3 Å². The molecule has 1 aliphatic rings. The number of aryl methyl sites for hydroxylation is 1. The predicted octanol–water partition coefficient (Wildman–Crippen LogP) is 4.61. The molecule has 1 aliphatic carbocycles. The molecule has 32 heavy (non-hydrogen) atoms. The highest BCUT2D eigenvalue weighted by Gasteiger charge is 2.24. The van der Waals surface area contributed by atoms with Crippen LogP contribution in [0, 0.1) is 5.82 Å². The van der Waals surface area contributed by atoms with Crippen molar-refractivity contribution in [1.82, 2.24) is 9.78 Å². The molecular formula is C26H29FN2O3. The first-order valence-corrected chi connectivity index (χ1v) is 11.3. The number of hydrogen-bond donors (Lipinski definition) is 2. The molecule has 168 valence electrons. The van der Waals surface area contributed by atoms with E-state index in [9.17, 15) is 19.4 Å². The second kappa shape index (κ2) is 9.15. The van der Waals surface area contributed by atoms with Crippen LogP contribution in [0.25, 0.3) is 0 Å². The predicted molar refractivity (Wildman–Crippen MR) is 121 cm³/mol. The number of phenols is 1. The molecule has 2 aromatic carbocycles.